The van der Waals surface area contributed by atoms with Crippen LogP contribution in [0.15, 0.2) is 24.3 Å². The molecule has 108 valence electrons. The Bertz CT molecular complexity index is 528. The van der Waals surface area contributed by atoms with Gasteiger partial charge < -0.3 is 15.7 Å². The lowest BCUT2D eigenvalue weighted by Crippen LogP contribution is -2.31. The highest BCUT2D eigenvalue weighted by Crippen LogP contribution is 2.18. The number of hydrogen-bond donors (Lipinski definition) is 3. The average molecular weight is 278 g/mol. The number of carboxylic acids is 1. The summed E-state index contributed by atoms with van der Waals surface area (Å²) in [5, 5.41) is 14.0. The Hall–Kier alpha value is -2.37. The molecule has 0 heterocycles. The minimum absolute atomic E-state index is 0.320. The maximum absolute atomic E-state index is 12.0. The van der Waals surface area contributed by atoms with Gasteiger partial charge in [-0.1, -0.05) is 26.0 Å². The molecule has 0 aliphatic heterocycles. The lowest BCUT2D eigenvalue weighted by Gasteiger charge is -2.17. The zero-order valence-electron chi connectivity index (χ0n) is 11.6. The summed E-state index contributed by atoms with van der Waals surface area (Å²) in [6.07, 6.45) is 0. The van der Waals surface area contributed by atoms with Crippen molar-refractivity contribution in [1.82, 2.24) is 5.32 Å². The third kappa shape index (κ3) is 3.57. The van der Waals surface area contributed by atoms with E-state index in [1.807, 2.05) is 0 Å². The molecule has 2 atom stereocenters. The zero-order valence-corrected chi connectivity index (χ0v) is 11.6. The summed E-state index contributed by atoms with van der Waals surface area (Å²) < 4.78 is 0. The monoisotopic (exact) mass is 278 g/mol. The highest BCUT2D eigenvalue weighted by atomic mass is 16.4. The topological polar surface area (TPSA) is 95.5 Å². The van der Waals surface area contributed by atoms with Crippen LogP contribution in [0.4, 0.5) is 5.69 Å². The third-order valence-corrected chi connectivity index (χ3v) is 3.21. The van der Waals surface area contributed by atoms with Gasteiger partial charge in [-0.05, 0) is 12.1 Å². The van der Waals surface area contributed by atoms with Crippen LogP contribution < -0.4 is 10.6 Å². The minimum Gasteiger partial charge on any atom is -0.481 e. The number of nitrogens with one attached hydrogen (secondary N) is 2. The number of para-hydroxylation sites is 1. The first-order valence-corrected chi connectivity index (χ1v) is 6.23. The smallest absolute Gasteiger partial charge is 0.307 e. The van der Waals surface area contributed by atoms with Crippen LogP contribution in [-0.4, -0.2) is 29.9 Å². The summed E-state index contributed by atoms with van der Waals surface area (Å²) in [6, 6.07) is 6.55. The Labute approximate surface area is 117 Å². The van der Waals surface area contributed by atoms with E-state index in [4.69, 9.17) is 5.11 Å². The van der Waals surface area contributed by atoms with Crippen LogP contribution in [0.1, 0.15) is 24.2 Å². The van der Waals surface area contributed by atoms with E-state index in [0.717, 1.165) is 0 Å². The zero-order chi connectivity index (χ0) is 15.3. The van der Waals surface area contributed by atoms with Crippen molar-refractivity contribution in [1.29, 1.82) is 0 Å². The molecule has 1 aromatic carbocycles. The molecule has 0 spiro atoms. The Morgan fingerprint density at radius 2 is 1.70 bits per heavy atom. The van der Waals surface area contributed by atoms with Gasteiger partial charge in [-0.15, -0.1) is 0 Å². The van der Waals surface area contributed by atoms with E-state index in [1.165, 1.54) is 20.9 Å². The number of aliphatic carboxylic acids is 1. The molecule has 0 aliphatic rings. The van der Waals surface area contributed by atoms with E-state index in [-0.39, 0.29) is 5.91 Å². The van der Waals surface area contributed by atoms with Crippen molar-refractivity contribution in [3.8, 4) is 0 Å². The van der Waals surface area contributed by atoms with Crippen LogP contribution in [0.25, 0.3) is 0 Å². The number of benzene rings is 1. The lowest BCUT2D eigenvalue weighted by atomic mass is 9.95. The fourth-order valence-electron chi connectivity index (χ4n) is 1.61. The van der Waals surface area contributed by atoms with Crippen LogP contribution >= 0.6 is 0 Å². The van der Waals surface area contributed by atoms with E-state index in [2.05, 4.69) is 10.6 Å². The fraction of sp³-hybridized carbons (Fsp3) is 0.357. The molecule has 0 saturated heterocycles. The summed E-state index contributed by atoms with van der Waals surface area (Å²) in [4.78, 5) is 34.6. The van der Waals surface area contributed by atoms with Crippen molar-refractivity contribution >= 4 is 23.5 Å². The molecule has 0 fully saturated rings. The second kappa shape index (κ2) is 6.70. The van der Waals surface area contributed by atoms with Gasteiger partial charge >= 0.3 is 5.97 Å². The van der Waals surface area contributed by atoms with Crippen LogP contribution in [0.5, 0.6) is 0 Å². The predicted molar refractivity (Wildman–Crippen MR) is 74.4 cm³/mol. The normalized spacial score (nSPS) is 13.2. The second-order valence-corrected chi connectivity index (χ2v) is 4.53. The molecule has 6 nitrogen and oxygen atoms in total. The van der Waals surface area contributed by atoms with Crippen molar-refractivity contribution in [2.24, 2.45) is 11.8 Å². The Morgan fingerprint density at radius 3 is 2.25 bits per heavy atom. The van der Waals surface area contributed by atoms with Gasteiger partial charge in [0.1, 0.15) is 0 Å². The summed E-state index contributed by atoms with van der Waals surface area (Å²) in [7, 11) is 1.50. The van der Waals surface area contributed by atoms with Crippen molar-refractivity contribution < 1.29 is 19.5 Å². The lowest BCUT2D eigenvalue weighted by molar-refractivity contribution is -0.145. The number of rotatable bonds is 5. The fourth-order valence-corrected chi connectivity index (χ4v) is 1.61. The molecule has 2 unspecified atom stereocenters. The molecule has 20 heavy (non-hydrogen) atoms. The molecule has 1 rings (SSSR count). The predicted octanol–water partition coefficient (Wildman–Crippen LogP) is 1.34. The van der Waals surface area contributed by atoms with Gasteiger partial charge in [-0.3, -0.25) is 14.4 Å². The standard InChI is InChI=1S/C14H18N2O4/c1-8(9(2)14(19)20)12(17)16-11-7-5-4-6-10(11)13(18)15-3/h4-9H,1-3H3,(H,15,18)(H,16,17)(H,19,20). The van der Waals surface area contributed by atoms with Gasteiger partial charge in [0, 0.05) is 13.0 Å². The van der Waals surface area contributed by atoms with E-state index in [0.29, 0.717) is 11.3 Å². The number of anilines is 1. The Kier molecular flexibility index (Phi) is 5.25. The molecule has 3 N–H and O–H groups in total. The highest BCUT2D eigenvalue weighted by molar-refractivity contribution is 6.04. The molecule has 0 radical (unpaired) electrons. The van der Waals surface area contributed by atoms with Crippen LogP contribution in [0.2, 0.25) is 0 Å². The molecule has 6 heteroatoms. The van der Waals surface area contributed by atoms with Crippen LogP contribution in [0, 0.1) is 11.8 Å². The highest BCUT2D eigenvalue weighted by Gasteiger charge is 2.26. The Balaban J connectivity index is 2.91. The maximum atomic E-state index is 12.0. The van der Waals surface area contributed by atoms with E-state index < -0.39 is 23.7 Å². The largest absolute Gasteiger partial charge is 0.481 e. The van der Waals surface area contributed by atoms with E-state index in [9.17, 15) is 14.4 Å². The first-order valence-electron chi connectivity index (χ1n) is 6.23. The average Bonchev–Trinajstić information content (AvgIpc) is 2.45. The van der Waals surface area contributed by atoms with Crippen LogP contribution in [-0.2, 0) is 9.59 Å². The number of carboxylic acid groups (broad SMARTS) is 1. The van der Waals surface area contributed by atoms with Gasteiger partial charge in [-0.25, -0.2) is 0 Å². The first kappa shape index (κ1) is 15.7. The first-order chi connectivity index (χ1) is 9.38. The molecular weight excluding hydrogens is 260 g/mol. The second-order valence-electron chi connectivity index (χ2n) is 4.53. The van der Waals surface area contributed by atoms with Gasteiger partial charge in [0.25, 0.3) is 5.91 Å². The SMILES string of the molecule is CNC(=O)c1ccccc1NC(=O)C(C)C(C)C(=O)O. The molecule has 0 aromatic heterocycles. The molecule has 0 aliphatic carbocycles. The summed E-state index contributed by atoms with van der Waals surface area (Å²) >= 11 is 0. The molecule has 1 aromatic rings. The number of amides is 2. The molecular formula is C14H18N2O4. The summed E-state index contributed by atoms with van der Waals surface area (Å²) in [5.74, 6) is -3.30. The molecule has 2 amide bonds. The number of carbonyl (C=O) groups is 3. The maximum Gasteiger partial charge on any atom is 0.307 e. The van der Waals surface area contributed by atoms with Crippen molar-refractivity contribution in [2.75, 3.05) is 12.4 Å². The van der Waals surface area contributed by atoms with Gasteiger partial charge in [-0.2, -0.15) is 0 Å². The van der Waals surface area contributed by atoms with Crippen molar-refractivity contribution in [3.05, 3.63) is 29.8 Å². The Morgan fingerprint density at radius 1 is 1.10 bits per heavy atom. The third-order valence-electron chi connectivity index (χ3n) is 3.21. The van der Waals surface area contributed by atoms with E-state index >= 15 is 0 Å². The number of carbonyl (C=O) groups excluding carboxylic acids is 2. The quantitative estimate of drug-likeness (QED) is 0.757. The van der Waals surface area contributed by atoms with Gasteiger partial charge in [0.05, 0.1) is 17.2 Å². The number of hydrogen-bond acceptors (Lipinski definition) is 3. The molecule has 0 saturated carbocycles. The summed E-state index contributed by atoms with van der Waals surface area (Å²) in [5.41, 5.74) is 0.694. The van der Waals surface area contributed by atoms with Crippen molar-refractivity contribution in [3.63, 3.8) is 0 Å². The van der Waals surface area contributed by atoms with Crippen molar-refractivity contribution in [2.45, 2.75) is 13.8 Å². The van der Waals surface area contributed by atoms with E-state index in [1.54, 1.807) is 24.3 Å². The molecule has 0 bridgehead atoms. The summed E-state index contributed by atoms with van der Waals surface area (Å²) in [6.45, 7) is 3.01. The van der Waals surface area contributed by atoms with Gasteiger partial charge in [0.15, 0.2) is 0 Å². The van der Waals surface area contributed by atoms with Gasteiger partial charge in [0.2, 0.25) is 5.91 Å². The van der Waals surface area contributed by atoms with Crippen LogP contribution in [0.3, 0.4) is 0 Å². The minimum atomic E-state index is -1.03.